The molecule has 0 aromatic heterocycles. The summed E-state index contributed by atoms with van der Waals surface area (Å²) in [7, 11) is 2.98. The lowest BCUT2D eigenvalue weighted by molar-refractivity contribution is -0.130. The maximum Gasteiger partial charge on any atom is 0.261 e. The minimum atomic E-state index is -1.01. The molecule has 0 radical (unpaired) electrons. The van der Waals surface area contributed by atoms with E-state index < -0.39 is 23.9 Å². The number of nitrogens with zero attached hydrogens (tertiary/aromatic N) is 4. The van der Waals surface area contributed by atoms with Crippen LogP contribution in [0, 0.1) is 0 Å². The van der Waals surface area contributed by atoms with Crippen LogP contribution in [0.3, 0.4) is 0 Å². The molecule has 4 unspecified atom stereocenters. The first kappa shape index (κ1) is 48.7. The second kappa shape index (κ2) is 20.9. The van der Waals surface area contributed by atoms with Gasteiger partial charge in [0.25, 0.3) is 11.8 Å². The number of aliphatic imine (C=N–C) groups is 2. The normalized spacial score (nSPS) is 16.6. The number of methoxy groups -OCH3 is 2. The summed E-state index contributed by atoms with van der Waals surface area (Å²) in [6.07, 6.45) is 6.49. The summed E-state index contributed by atoms with van der Waals surface area (Å²) in [5, 5.41) is 8.22. The first-order valence-corrected chi connectivity index (χ1v) is 23.9. The zero-order chi connectivity index (χ0) is 50.6. The summed E-state index contributed by atoms with van der Waals surface area (Å²) in [5.74, 6) is -0.471. The van der Waals surface area contributed by atoms with E-state index in [0.29, 0.717) is 94.4 Å². The molecule has 4 heterocycles. The van der Waals surface area contributed by atoms with Gasteiger partial charge in [0.05, 0.1) is 48.8 Å². The maximum absolute atomic E-state index is 14.1. The van der Waals surface area contributed by atoms with E-state index in [4.69, 9.17) is 28.9 Å². The third kappa shape index (κ3) is 10.3. The van der Waals surface area contributed by atoms with E-state index in [-0.39, 0.29) is 55.2 Å². The summed E-state index contributed by atoms with van der Waals surface area (Å²) in [5.41, 5.74) is 7.01. The van der Waals surface area contributed by atoms with E-state index in [9.17, 15) is 28.8 Å². The zero-order valence-electron chi connectivity index (χ0n) is 40.7. The van der Waals surface area contributed by atoms with E-state index in [1.165, 1.54) is 35.0 Å². The average molecular weight is 974 g/mol. The molecular formula is C55H55N7O10. The molecule has 5 amide bonds. The summed E-state index contributed by atoms with van der Waals surface area (Å²) < 4.78 is 24.3. The minimum Gasteiger partial charge on any atom is -0.493 e. The first-order valence-electron chi connectivity index (χ1n) is 23.9. The quantitative estimate of drug-likeness (QED) is 0.0736. The molecule has 0 saturated carbocycles. The number of rotatable bonds is 18. The van der Waals surface area contributed by atoms with Gasteiger partial charge in [0.1, 0.15) is 31.1 Å². The van der Waals surface area contributed by atoms with Gasteiger partial charge in [-0.3, -0.25) is 43.8 Å². The molecule has 9 rings (SSSR count). The fourth-order valence-electron chi connectivity index (χ4n) is 9.39. The second-order valence-electron chi connectivity index (χ2n) is 18.3. The molecule has 0 fully saturated rings. The van der Waals surface area contributed by atoms with Crippen molar-refractivity contribution in [3.8, 4) is 23.0 Å². The molecule has 4 aliphatic rings. The van der Waals surface area contributed by atoms with Gasteiger partial charge in [0.2, 0.25) is 17.7 Å². The molecule has 0 aliphatic carbocycles. The summed E-state index contributed by atoms with van der Waals surface area (Å²) >= 11 is 0. The Hall–Kier alpha value is -8.34. The third-order valence-electron chi connectivity index (χ3n) is 13.1. The predicted molar refractivity (Wildman–Crippen MR) is 272 cm³/mol. The van der Waals surface area contributed by atoms with E-state index in [1.807, 2.05) is 54.6 Å². The standard InChI is InChI=1S/C55H55N7O10/c1-31(63)12-6-11-17-51(64)58-32(2)52(65)59-33(3)53(66)60-38-19-34(29-71-49-25-43-41(23-47(49)69-4)54(67)61-39(27-56-43)21-36-13-7-9-15-45(36)61)18-35(20-38)30-72-50-26-44-42(24-48(50)70-5)55(68)62-40(28-57-44)22-37-14-8-10-16-46(37)62/h7-10,13-16,18-20,23-28,32-33,39-40H,6,11-12,17,21-22,29-30H2,1-5H3,(H,58,64)(H,59,65)(H,60,66). The van der Waals surface area contributed by atoms with Crippen LogP contribution in [-0.4, -0.2) is 86.1 Å². The van der Waals surface area contributed by atoms with Crippen molar-refractivity contribution in [1.82, 2.24) is 10.6 Å². The van der Waals surface area contributed by atoms with Crippen molar-refractivity contribution < 1.29 is 47.7 Å². The number of ketones is 1. The number of hydrogen-bond acceptors (Lipinski definition) is 12. The molecule has 4 atom stereocenters. The van der Waals surface area contributed by atoms with Crippen molar-refractivity contribution in [3.63, 3.8) is 0 Å². The molecule has 17 nitrogen and oxygen atoms in total. The van der Waals surface area contributed by atoms with Crippen LogP contribution in [0.2, 0.25) is 0 Å². The fraction of sp³-hybridized carbons (Fsp3) is 0.309. The van der Waals surface area contributed by atoms with Crippen LogP contribution in [0.5, 0.6) is 23.0 Å². The van der Waals surface area contributed by atoms with Crippen molar-refractivity contribution in [2.45, 2.75) is 96.7 Å². The SMILES string of the molecule is COc1cc2c(cc1OCc1cc(COc3cc4c(cc3OC)C(=O)N3c5ccccc5CC3C=N4)cc(NC(=O)C(C)NC(=O)C(C)NC(=O)CCCCC(C)=O)c1)N=CC1Cc3ccccc3N1C2=O. The largest absolute Gasteiger partial charge is 0.493 e. The Morgan fingerprint density at radius 1 is 0.625 bits per heavy atom. The monoisotopic (exact) mass is 973 g/mol. The van der Waals surface area contributed by atoms with Gasteiger partial charge in [-0.05, 0) is 98.3 Å². The topological polar surface area (TPSA) is 207 Å². The van der Waals surface area contributed by atoms with E-state index >= 15 is 0 Å². The Balaban J connectivity index is 0.942. The smallest absolute Gasteiger partial charge is 0.261 e. The number of carbonyl (C=O) groups is 6. The summed E-state index contributed by atoms with van der Waals surface area (Å²) in [6, 6.07) is 25.1. The van der Waals surface area contributed by atoms with Gasteiger partial charge in [-0.25, -0.2) is 0 Å². The lowest BCUT2D eigenvalue weighted by Crippen LogP contribution is -2.50. The Morgan fingerprint density at radius 3 is 1.61 bits per heavy atom. The number of para-hydroxylation sites is 2. The minimum absolute atomic E-state index is 0.0241. The molecule has 17 heteroatoms. The highest BCUT2D eigenvalue weighted by Gasteiger charge is 2.38. The maximum atomic E-state index is 14.1. The van der Waals surface area contributed by atoms with Gasteiger partial charge < -0.3 is 39.7 Å². The van der Waals surface area contributed by atoms with Crippen LogP contribution < -0.4 is 44.7 Å². The van der Waals surface area contributed by atoms with Crippen LogP contribution in [0.4, 0.5) is 28.4 Å². The number of amides is 5. The molecule has 4 aliphatic heterocycles. The number of nitrogens with one attached hydrogen (secondary N) is 3. The Labute approximate surface area is 416 Å². The number of Topliss-reactive ketones (excluding diaryl/α,β-unsaturated/α-hetero) is 1. The highest BCUT2D eigenvalue weighted by atomic mass is 16.5. The number of carbonyl (C=O) groups excluding carboxylic acids is 6. The van der Waals surface area contributed by atoms with Crippen molar-refractivity contribution in [2.75, 3.05) is 29.3 Å². The van der Waals surface area contributed by atoms with E-state index in [1.54, 1.807) is 58.6 Å². The van der Waals surface area contributed by atoms with Crippen LogP contribution in [0.15, 0.2) is 101 Å². The number of anilines is 3. The molecule has 0 bridgehead atoms. The van der Waals surface area contributed by atoms with Crippen LogP contribution in [0.25, 0.3) is 0 Å². The average Bonchev–Trinajstić information content (AvgIpc) is 3.86. The van der Waals surface area contributed by atoms with Gasteiger partial charge in [-0.2, -0.15) is 0 Å². The molecule has 3 N–H and O–H groups in total. The van der Waals surface area contributed by atoms with Gasteiger partial charge in [0.15, 0.2) is 23.0 Å². The molecule has 5 aromatic carbocycles. The van der Waals surface area contributed by atoms with E-state index in [2.05, 4.69) is 16.0 Å². The lowest BCUT2D eigenvalue weighted by atomic mass is 10.1. The number of fused-ring (bicyclic) bond motifs is 8. The summed E-state index contributed by atoms with van der Waals surface area (Å²) in [6.45, 7) is 4.51. The lowest BCUT2D eigenvalue weighted by Gasteiger charge is -2.22. The Morgan fingerprint density at radius 2 is 1.11 bits per heavy atom. The Kier molecular flexibility index (Phi) is 14.2. The van der Waals surface area contributed by atoms with Gasteiger partial charge in [-0.15, -0.1) is 0 Å². The van der Waals surface area contributed by atoms with Gasteiger partial charge in [0, 0.05) is 67.3 Å². The van der Waals surface area contributed by atoms with Crippen molar-refractivity contribution in [1.29, 1.82) is 0 Å². The third-order valence-corrected chi connectivity index (χ3v) is 13.1. The molecule has 72 heavy (non-hydrogen) atoms. The highest BCUT2D eigenvalue weighted by Crippen LogP contribution is 2.43. The van der Waals surface area contributed by atoms with Crippen LogP contribution in [0.1, 0.15) is 89.4 Å². The summed E-state index contributed by atoms with van der Waals surface area (Å²) in [4.78, 5) is 91.7. The molecule has 0 spiro atoms. The number of hydrogen-bond donors (Lipinski definition) is 3. The molecular weight excluding hydrogens is 919 g/mol. The van der Waals surface area contributed by atoms with Gasteiger partial charge in [-0.1, -0.05) is 36.4 Å². The van der Waals surface area contributed by atoms with Crippen molar-refractivity contribution >= 4 is 76.2 Å². The molecule has 5 aromatic rings. The Bertz CT molecular complexity index is 2900. The zero-order valence-corrected chi connectivity index (χ0v) is 40.7. The van der Waals surface area contributed by atoms with E-state index in [0.717, 1.165) is 22.5 Å². The number of unbranched alkanes of at least 4 members (excludes halogenated alkanes) is 1. The molecule has 370 valence electrons. The van der Waals surface area contributed by atoms with Crippen molar-refractivity contribution in [2.24, 2.45) is 9.98 Å². The first-order chi connectivity index (χ1) is 34.8. The van der Waals surface area contributed by atoms with Crippen LogP contribution in [-0.2, 0) is 45.2 Å². The van der Waals surface area contributed by atoms with Crippen molar-refractivity contribution in [3.05, 3.63) is 124 Å². The second-order valence-corrected chi connectivity index (χ2v) is 18.3. The predicted octanol–water partition coefficient (Wildman–Crippen LogP) is 7.53. The highest BCUT2D eigenvalue weighted by molar-refractivity contribution is 6.16. The number of benzene rings is 5. The number of ether oxygens (including phenoxy) is 4. The fourth-order valence-corrected chi connectivity index (χ4v) is 9.39. The van der Waals surface area contributed by atoms with Crippen LogP contribution >= 0.6 is 0 Å². The molecule has 0 saturated heterocycles. The van der Waals surface area contributed by atoms with Gasteiger partial charge >= 0.3 is 0 Å².